The number of nitrogens with one attached hydrogen (secondary N) is 1. The highest BCUT2D eigenvalue weighted by molar-refractivity contribution is 7.89. The lowest BCUT2D eigenvalue weighted by atomic mass is 9.85. The van der Waals surface area contributed by atoms with Crippen molar-refractivity contribution in [1.82, 2.24) is 9.21 Å². The highest BCUT2D eigenvalue weighted by Crippen LogP contribution is 2.52. The van der Waals surface area contributed by atoms with Gasteiger partial charge in [0, 0.05) is 18.8 Å². The van der Waals surface area contributed by atoms with Crippen molar-refractivity contribution < 1.29 is 22.8 Å². The second-order valence-electron chi connectivity index (χ2n) is 9.65. The fourth-order valence-corrected chi connectivity index (χ4v) is 7.40. The first-order valence-corrected chi connectivity index (χ1v) is 13.1. The zero-order valence-electron chi connectivity index (χ0n) is 18.6. The number of anilines is 1. The highest BCUT2D eigenvalue weighted by atomic mass is 32.2. The standard InChI is InChI=1S/C24H29N3O5S/c1-26(18-5-3-2-4-6-18)33(31,32)19-11-9-17(10-12-19)25-20(28)14-27-23(29)21-15-7-8-16(13-15)22(21)24(27)30/h7-12,15-16,18,21-22H,2-6,13-14H2,1H3,(H,25,28). The Balaban J connectivity index is 1.21. The summed E-state index contributed by atoms with van der Waals surface area (Å²) in [7, 11) is -1.99. The summed E-state index contributed by atoms with van der Waals surface area (Å²) in [6.07, 6.45) is 9.84. The van der Waals surface area contributed by atoms with Crippen LogP contribution in [-0.4, -0.2) is 55.0 Å². The van der Waals surface area contributed by atoms with Gasteiger partial charge in [-0.2, -0.15) is 4.31 Å². The molecular formula is C24H29N3O5S. The molecule has 1 heterocycles. The molecule has 9 heteroatoms. The van der Waals surface area contributed by atoms with Gasteiger partial charge in [-0.15, -0.1) is 0 Å². The molecule has 4 aliphatic rings. The first-order chi connectivity index (χ1) is 15.8. The lowest BCUT2D eigenvalue weighted by Crippen LogP contribution is -2.39. The van der Waals surface area contributed by atoms with E-state index in [1.807, 2.05) is 12.2 Å². The average molecular weight is 472 g/mol. The molecule has 3 amide bonds. The minimum absolute atomic E-state index is 0.0172. The maximum absolute atomic E-state index is 13.0. The largest absolute Gasteiger partial charge is 0.325 e. The van der Waals surface area contributed by atoms with Crippen LogP contribution in [0.3, 0.4) is 0 Å². The van der Waals surface area contributed by atoms with E-state index in [0.717, 1.165) is 43.4 Å². The zero-order valence-corrected chi connectivity index (χ0v) is 19.5. The van der Waals surface area contributed by atoms with Crippen LogP contribution in [0, 0.1) is 23.7 Å². The molecule has 1 aromatic rings. The summed E-state index contributed by atoms with van der Waals surface area (Å²) in [4.78, 5) is 39.3. The van der Waals surface area contributed by atoms with Crippen molar-refractivity contribution in [1.29, 1.82) is 0 Å². The van der Waals surface area contributed by atoms with Gasteiger partial charge < -0.3 is 5.32 Å². The monoisotopic (exact) mass is 471 g/mol. The number of rotatable bonds is 6. The molecule has 1 aliphatic heterocycles. The van der Waals surface area contributed by atoms with Gasteiger partial charge in [-0.25, -0.2) is 8.42 Å². The second-order valence-corrected chi connectivity index (χ2v) is 11.6. The van der Waals surface area contributed by atoms with E-state index >= 15 is 0 Å². The molecule has 4 atom stereocenters. The van der Waals surface area contributed by atoms with Crippen LogP contribution in [0.2, 0.25) is 0 Å². The van der Waals surface area contributed by atoms with Gasteiger partial charge in [-0.05, 0) is 55.4 Å². The number of hydrogen-bond donors (Lipinski definition) is 1. The number of carbonyl (C=O) groups excluding carboxylic acids is 3. The first kappa shape index (κ1) is 22.3. The van der Waals surface area contributed by atoms with Crippen LogP contribution in [0.5, 0.6) is 0 Å². The third kappa shape index (κ3) is 3.81. The Morgan fingerprint density at radius 1 is 1.00 bits per heavy atom. The first-order valence-electron chi connectivity index (χ1n) is 11.7. The van der Waals surface area contributed by atoms with Gasteiger partial charge in [-0.3, -0.25) is 19.3 Å². The van der Waals surface area contributed by atoms with Gasteiger partial charge >= 0.3 is 0 Å². The molecule has 0 aromatic heterocycles. The zero-order chi connectivity index (χ0) is 23.3. The number of sulfonamides is 1. The Labute approximate surface area is 194 Å². The number of carbonyl (C=O) groups is 3. The summed E-state index contributed by atoms with van der Waals surface area (Å²) in [5.74, 6) is -1.45. The van der Waals surface area contributed by atoms with Gasteiger partial charge in [-0.1, -0.05) is 31.4 Å². The van der Waals surface area contributed by atoms with Gasteiger partial charge in [0.15, 0.2) is 0 Å². The highest BCUT2D eigenvalue weighted by Gasteiger charge is 2.59. The molecule has 2 bridgehead atoms. The molecule has 4 unspecified atom stereocenters. The van der Waals surface area contributed by atoms with Gasteiger partial charge in [0.1, 0.15) is 6.54 Å². The average Bonchev–Trinajstić information content (AvgIpc) is 3.50. The van der Waals surface area contributed by atoms with E-state index in [1.54, 1.807) is 7.05 Å². The summed E-state index contributed by atoms with van der Waals surface area (Å²) >= 11 is 0. The maximum atomic E-state index is 13.0. The summed E-state index contributed by atoms with van der Waals surface area (Å²) in [6, 6.07) is 6.04. The number of amides is 3. The van der Waals surface area contributed by atoms with E-state index in [1.165, 1.54) is 28.6 Å². The van der Waals surface area contributed by atoms with E-state index in [-0.39, 0.29) is 53.0 Å². The molecule has 8 nitrogen and oxygen atoms in total. The van der Waals surface area contributed by atoms with Crippen molar-refractivity contribution in [2.75, 3.05) is 18.9 Å². The fourth-order valence-electron chi connectivity index (χ4n) is 5.98. The van der Waals surface area contributed by atoms with Crippen LogP contribution in [-0.2, 0) is 24.4 Å². The van der Waals surface area contributed by atoms with E-state index in [4.69, 9.17) is 0 Å². The predicted molar refractivity (Wildman–Crippen MR) is 121 cm³/mol. The molecule has 176 valence electrons. The van der Waals surface area contributed by atoms with Crippen molar-refractivity contribution in [3.63, 3.8) is 0 Å². The molecule has 5 rings (SSSR count). The third-order valence-corrected chi connectivity index (χ3v) is 9.69. The van der Waals surface area contributed by atoms with Crippen molar-refractivity contribution in [3.8, 4) is 0 Å². The number of imide groups is 1. The molecule has 3 fully saturated rings. The number of allylic oxidation sites excluding steroid dienone is 2. The molecule has 1 N–H and O–H groups in total. The van der Waals surface area contributed by atoms with Crippen LogP contribution < -0.4 is 5.32 Å². The lowest BCUT2D eigenvalue weighted by molar-refractivity contribution is -0.143. The van der Waals surface area contributed by atoms with Gasteiger partial charge in [0.25, 0.3) is 0 Å². The van der Waals surface area contributed by atoms with E-state index < -0.39 is 15.9 Å². The Bertz CT molecular complexity index is 1080. The topological polar surface area (TPSA) is 104 Å². The minimum Gasteiger partial charge on any atom is -0.325 e. The summed E-state index contributed by atoms with van der Waals surface area (Å²) in [5.41, 5.74) is 0.417. The molecule has 3 aliphatic carbocycles. The SMILES string of the molecule is CN(C1CCCCC1)S(=O)(=O)c1ccc(NC(=O)CN2C(=O)C3C4C=CC(C4)C3C2=O)cc1. The molecule has 0 radical (unpaired) electrons. The Kier molecular flexibility index (Phi) is 5.64. The van der Waals surface area contributed by atoms with Crippen molar-refractivity contribution in [3.05, 3.63) is 36.4 Å². The van der Waals surface area contributed by atoms with Crippen LogP contribution in [0.25, 0.3) is 0 Å². The summed E-state index contributed by atoms with van der Waals surface area (Å²) in [5, 5.41) is 2.68. The fraction of sp³-hybridized carbons (Fsp3) is 0.542. The quantitative estimate of drug-likeness (QED) is 0.507. The number of fused-ring (bicyclic) bond motifs is 5. The van der Waals surface area contributed by atoms with Crippen LogP contribution in [0.15, 0.2) is 41.3 Å². The van der Waals surface area contributed by atoms with Gasteiger partial charge in [0.2, 0.25) is 27.7 Å². The second kappa shape index (κ2) is 8.36. The number of likely N-dealkylation sites (tertiary alicyclic amines) is 1. The molecule has 33 heavy (non-hydrogen) atoms. The molecule has 0 spiro atoms. The van der Waals surface area contributed by atoms with Crippen LogP contribution >= 0.6 is 0 Å². The molecule has 2 saturated carbocycles. The van der Waals surface area contributed by atoms with Crippen LogP contribution in [0.1, 0.15) is 38.5 Å². The predicted octanol–water partition coefficient (Wildman–Crippen LogP) is 2.39. The van der Waals surface area contributed by atoms with Gasteiger partial charge in [0.05, 0.1) is 16.7 Å². The Hall–Kier alpha value is -2.52. The van der Waals surface area contributed by atoms with E-state index in [0.29, 0.717) is 5.69 Å². The number of hydrogen-bond acceptors (Lipinski definition) is 5. The molecule has 1 aromatic carbocycles. The number of nitrogens with zero attached hydrogens (tertiary/aromatic N) is 2. The van der Waals surface area contributed by atoms with Crippen molar-refractivity contribution in [2.24, 2.45) is 23.7 Å². The molecular weight excluding hydrogens is 442 g/mol. The lowest BCUT2D eigenvalue weighted by Gasteiger charge is -2.30. The van der Waals surface area contributed by atoms with E-state index in [2.05, 4.69) is 5.32 Å². The van der Waals surface area contributed by atoms with Crippen LogP contribution in [0.4, 0.5) is 5.69 Å². The summed E-state index contributed by atoms with van der Waals surface area (Å²) in [6.45, 7) is -0.325. The minimum atomic E-state index is -3.61. The Morgan fingerprint density at radius 3 is 2.15 bits per heavy atom. The maximum Gasteiger partial charge on any atom is 0.244 e. The van der Waals surface area contributed by atoms with E-state index in [9.17, 15) is 22.8 Å². The summed E-state index contributed by atoms with van der Waals surface area (Å²) < 4.78 is 27.4. The normalized spacial score (nSPS) is 29.2. The number of benzene rings is 1. The van der Waals surface area contributed by atoms with Crippen molar-refractivity contribution >= 4 is 33.4 Å². The Morgan fingerprint density at radius 2 is 1.58 bits per heavy atom. The smallest absolute Gasteiger partial charge is 0.244 e. The third-order valence-electron chi connectivity index (χ3n) is 7.77. The van der Waals surface area contributed by atoms with Crippen molar-refractivity contribution in [2.45, 2.75) is 49.5 Å². The molecule has 1 saturated heterocycles.